The number of aromatic amines is 1. The van der Waals surface area contributed by atoms with Crippen LogP contribution in [-0.4, -0.2) is 9.97 Å². The molecule has 0 bridgehead atoms. The maximum absolute atomic E-state index is 5.88. The van der Waals surface area contributed by atoms with E-state index in [9.17, 15) is 0 Å². The highest BCUT2D eigenvalue weighted by Gasteiger charge is 2.01. The molecule has 2 aromatic heterocycles. The first-order valence-electron chi connectivity index (χ1n) is 5.71. The Morgan fingerprint density at radius 1 is 1.00 bits per heavy atom. The number of halogens is 2. The van der Waals surface area contributed by atoms with Gasteiger partial charge in [-0.15, -0.1) is 0 Å². The Bertz CT molecular complexity index is 583. The minimum atomic E-state index is 0.732. The van der Waals surface area contributed by atoms with Gasteiger partial charge in [0.2, 0.25) is 0 Å². The summed E-state index contributed by atoms with van der Waals surface area (Å²) >= 11 is 9.27. The Kier molecular flexibility index (Phi) is 5.19. The summed E-state index contributed by atoms with van der Waals surface area (Å²) in [5, 5.41) is 0.732. The molecule has 3 aromatic rings. The maximum atomic E-state index is 5.88. The summed E-state index contributed by atoms with van der Waals surface area (Å²) in [5.41, 5.74) is 2.22. The smallest absolute Gasteiger partial charge is 0.0548 e. The van der Waals surface area contributed by atoms with Gasteiger partial charge in [-0.05, 0) is 57.9 Å². The molecule has 0 saturated heterocycles. The van der Waals surface area contributed by atoms with Crippen molar-refractivity contribution < 1.29 is 0 Å². The molecular weight excluding hydrogens is 324 g/mol. The van der Waals surface area contributed by atoms with E-state index < -0.39 is 0 Å². The number of aromatic nitrogens is 2. The van der Waals surface area contributed by atoms with Crippen molar-refractivity contribution in [3.05, 3.63) is 76.6 Å². The van der Waals surface area contributed by atoms with E-state index in [1.165, 1.54) is 0 Å². The molecule has 0 spiro atoms. The lowest BCUT2D eigenvalue weighted by molar-refractivity contribution is 1.33. The molecule has 3 rings (SSSR count). The van der Waals surface area contributed by atoms with Crippen molar-refractivity contribution in [1.29, 1.82) is 0 Å². The average molecular weight is 336 g/mol. The Morgan fingerprint density at radius 3 is 2.26 bits per heavy atom. The van der Waals surface area contributed by atoms with Crippen LogP contribution in [0.1, 0.15) is 0 Å². The van der Waals surface area contributed by atoms with Crippen LogP contribution in [0.3, 0.4) is 0 Å². The summed E-state index contributed by atoms with van der Waals surface area (Å²) in [6.45, 7) is 0. The zero-order chi connectivity index (χ0) is 13.5. The fraction of sp³-hybridized carbons (Fsp3) is 0. The van der Waals surface area contributed by atoms with Crippen molar-refractivity contribution in [3.63, 3.8) is 0 Å². The molecule has 96 valence electrons. The highest BCUT2D eigenvalue weighted by Crippen LogP contribution is 2.27. The normalized spacial score (nSPS) is 9.58. The monoisotopic (exact) mass is 334 g/mol. The standard InChI is InChI=1S/C10H7BrClN.C5H5N/c11-8-6-7(3-4-9(8)12)10-2-1-5-13-10;1-2-4-6-5-3-1/h1-6,13H;1-5H. The van der Waals surface area contributed by atoms with Gasteiger partial charge in [0.15, 0.2) is 0 Å². The van der Waals surface area contributed by atoms with Crippen LogP contribution < -0.4 is 0 Å². The molecule has 0 radical (unpaired) electrons. The number of H-pyrrole nitrogens is 1. The summed E-state index contributed by atoms with van der Waals surface area (Å²) in [7, 11) is 0. The third-order valence-corrected chi connectivity index (χ3v) is 3.61. The molecule has 0 saturated carbocycles. The average Bonchev–Trinajstić information content (AvgIpc) is 2.99. The lowest BCUT2D eigenvalue weighted by atomic mass is 10.2. The summed E-state index contributed by atoms with van der Waals surface area (Å²) in [6, 6.07) is 15.6. The zero-order valence-corrected chi connectivity index (χ0v) is 12.4. The van der Waals surface area contributed by atoms with Gasteiger partial charge in [-0.3, -0.25) is 4.98 Å². The number of rotatable bonds is 1. The van der Waals surface area contributed by atoms with Gasteiger partial charge in [0, 0.05) is 28.8 Å². The van der Waals surface area contributed by atoms with Crippen LogP contribution in [-0.2, 0) is 0 Å². The quantitative estimate of drug-likeness (QED) is 0.652. The van der Waals surface area contributed by atoms with Gasteiger partial charge < -0.3 is 4.98 Å². The minimum Gasteiger partial charge on any atom is -0.361 e. The van der Waals surface area contributed by atoms with E-state index in [0.717, 1.165) is 20.8 Å². The zero-order valence-electron chi connectivity index (χ0n) is 10.1. The predicted molar refractivity (Wildman–Crippen MR) is 83.2 cm³/mol. The number of benzene rings is 1. The van der Waals surface area contributed by atoms with Gasteiger partial charge in [0.05, 0.1) is 5.02 Å². The fourth-order valence-corrected chi connectivity index (χ4v) is 1.98. The third-order valence-electron chi connectivity index (χ3n) is 2.40. The van der Waals surface area contributed by atoms with E-state index >= 15 is 0 Å². The Hall–Kier alpha value is -1.58. The van der Waals surface area contributed by atoms with Crippen LogP contribution in [0.25, 0.3) is 11.3 Å². The van der Waals surface area contributed by atoms with Crippen molar-refractivity contribution in [2.45, 2.75) is 0 Å². The number of nitrogens with one attached hydrogen (secondary N) is 1. The minimum absolute atomic E-state index is 0.732. The maximum Gasteiger partial charge on any atom is 0.0548 e. The first-order valence-corrected chi connectivity index (χ1v) is 6.88. The molecule has 0 amide bonds. The second-order valence-electron chi connectivity index (χ2n) is 3.74. The molecule has 0 fully saturated rings. The van der Waals surface area contributed by atoms with E-state index in [1.807, 2.05) is 54.7 Å². The van der Waals surface area contributed by atoms with E-state index in [4.69, 9.17) is 11.6 Å². The molecule has 4 heteroatoms. The molecule has 2 heterocycles. The molecule has 0 aliphatic carbocycles. The van der Waals surface area contributed by atoms with Crippen LogP contribution in [0.15, 0.2) is 71.6 Å². The van der Waals surface area contributed by atoms with Crippen molar-refractivity contribution in [1.82, 2.24) is 9.97 Å². The van der Waals surface area contributed by atoms with Crippen LogP contribution in [0.2, 0.25) is 5.02 Å². The number of nitrogens with zero attached hydrogens (tertiary/aromatic N) is 1. The SMILES string of the molecule is Clc1ccc(-c2ccc[nH]2)cc1Br.c1ccncc1. The molecule has 2 nitrogen and oxygen atoms in total. The molecular formula is C15H12BrClN2. The van der Waals surface area contributed by atoms with E-state index in [0.29, 0.717) is 0 Å². The predicted octanol–water partition coefficient (Wildman–Crippen LogP) is 5.18. The van der Waals surface area contributed by atoms with Crippen LogP contribution in [0.5, 0.6) is 0 Å². The first kappa shape index (κ1) is 13.8. The number of hydrogen-bond acceptors (Lipinski definition) is 1. The van der Waals surface area contributed by atoms with Crippen LogP contribution in [0, 0.1) is 0 Å². The summed E-state index contributed by atoms with van der Waals surface area (Å²) in [5.74, 6) is 0. The molecule has 0 unspecified atom stereocenters. The summed E-state index contributed by atoms with van der Waals surface area (Å²) < 4.78 is 0.918. The molecule has 0 aliphatic heterocycles. The Balaban J connectivity index is 0.000000186. The second-order valence-corrected chi connectivity index (χ2v) is 5.00. The first-order chi connectivity index (χ1) is 9.27. The van der Waals surface area contributed by atoms with Gasteiger partial charge >= 0.3 is 0 Å². The largest absolute Gasteiger partial charge is 0.361 e. The molecule has 1 aromatic carbocycles. The van der Waals surface area contributed by atoms with E-state index in [2.05, 4.69) is 25.9 Å². The van der Waals surface area contributed by atoms with Crippen LogP contribution >= 0.6 is 27.5 Å². The fourth-order valence-electron chi connectivity index (χ4n) is 1.49. The van der Waals surface area contributed by atoms with Gasteiger partial charge in [-0.2, -0.15) is 0 Å². The molecule has 19 heavy (non-hydrogen) atoms. The number of hydrogen-bond donors (Lipinski definition) is 1. The third kappa shape index (κ3) is 4.23. The topological polar surface area (TPSA) is 28.7 Å². The highest BCUT2D eigenvalue weighted by molar-refractivity contribution is 9.10. The van der Waals surface area contributed by atoms with Gasteiger partial charge in [0.1, 0.15) is 0 Å². The van der Waals surface area contributed by atoms with Crippen molar-refractivity contribution in [3.8, 4) is 11.3 Å². The molecule has 1 N–H and O–H groups in total. The Morgan fingerprint density at radius 2 is 1.79 bits per heavy atom. The second kappa shape index (κ2) is 7.12. The van der Waals surface area contributed by atoms with Crippen molar-refractivity contribution in [2.75, 3.05) is 0 Å². The molecule has 0 aliphatic rings. The summed E-state index contributed by atoms with van der Waals surface area (Å²) in [6.07, 6.45) is 5.40. The highest BCUT2D eigenvalue weighted by atomic mass is 79.9. The van der Waals surface area contributed by atoms with Crippen LogP contribution in [0.4, 0.5) is 0 Å². The van der Waals surface area contributed by atoms with Crippen molar-refractivity contribution in [2.24, 2.45) is 0 Å². The van der Waals surface area contributed by atoms with E-state index in [1.54, 1.807) is 12.4 Å². The van der Waals surface area contributed by atoms with Gasteiger partial charge in [-0.25, -0.2) is 0 Å². The Labute approximate surface area is 125 Å². The summed E-state index contributed by atoms with van der Waals surface area (Å²) in [4.78, 5) is 6.92. The lowest BCUT2D eigenvalue weighted by Gasteiger charge is -2.00. The van der Waals surface area contributed by atoms with Gasteiger partial charge in [0.25, 0.3) is 0 Å². The lowest BCUT2D eigenvalue weighted by Crippen LogP contribution is -1.77. The number of pyridine rings is 1. The van der Waals surface area contributed by atoms with Gasteiger partial charge in [-0.1, -0.05) is 23.7 Å². The van der Waals surface area contributed by atoms with Crippen molar-refractivity contribution >= 4 is 27.5 Å². The molecule has 0 atom stereocenters. The van der Waals surface area contributed by atoms with E-state index in [-0.39, 0.29) is 0 Å².